The van der Waals surface area contributed by atoms with Gasteiger partial charge in [-0.1, -0.05) is 6.07 Å². The van der Waals surface area contributed by atoms with Gasteiger partial charge in [0.15, 0.2) is 17.3 Å². The number of furan rings is 1. The van der Waals surface area contributed by atoms with E-state index < -0.39 is 4.92 Å². The van der Waals surface area contributed by atoms with Crippen LogP contribution >= 0.6 is 15.9 Å². The second-order valence-corrected chi connectivity index (χ2v) is 7.41. The van der Waals surface area contributed by atoms with E-state index in [4.69, 9.17) is 4.42 Å². The zero-order chi connectivity index (χ0) is 20.5. The van der Waals surface area contributed by atoms with Gasteiger partial charge in [-0.15, -0.1) is 0 Å². The summed E-state index contributed by atoms with van der Waals surface area (Å²) in [5, 5.41) is 11.4. The number of anilines is 1. The molecule has 9 heteroatoms. The molecule has 146 valence electrons. The number of nitro benzene ring substituents is 1. The number of nitrogens with zero attached hydrogens (tertiary/aromatic N) is 5. The highest BCUT2D eigenvalue weighted by atomic mass is 79.9. The molecule has 0 bridgehead atoms. The molecule has 0 aliphatic heterocycles. The standard InChI is InChI=1S/C20H16BrN5O3/c1-24(2)15-7-5-13(10-16(15)26(27)28)11-22-20-19(17-4-3-9-29-17)23-18-8-6-14(21)12-25(18)20/h3-12H,1-2H3. The number of hydrogen-bond donors (Lipinski definition) is 0. The number of pyridine rings is 1. The molecule has 0 fully saturated rings. The van der Waals surface area contributed by atoms with Crippen molar-refractivity contribution in [3.63, 3.8) is 0 Å². The predicted molar refractivity (Wildman–Crippen MR) is 115 cm³/mol. The van der Waals surface area contributed by atoms with Crippen molar-refractivity contribution in [2.75, 3.05) is 19.0 Å². The Labute approximate surface area is 174 Å². The number of hydrogen-bond acceptors (Lipinski definition) is 6. The lowest BCUT2D eigenvalue weighted by atomic mass is 10.2. The minimum Gasteiger partial charge on any atom is -0.463 e. The molecule has 3 aromatic heterocycles. The fourth-order valence-electron chi connectivity index (χ4n) is 2.99. The molecule has 8 nitrogen and oxygen atoms in total. The molecule has 0 amide bonds. The van der Waals surface area contributed by atoms with Crippen LogP contribution < -0.4 is 4.90 Å². The topological polar surface area (TPSA) is 89.2 Å². The third kappa shape index (κ3) is 3.64. The molecular formula is C20H16BrN5O3. The van der Waals surface area contributed by atoms with Crippen LogP contribution in [0.15, 0.2) is 68.8 Å². The molecule has 1 aromatic carbocycles. The maximum absolute atomic E-state index is 11.4. The highest BCUT2D eigenvalue weighted by molar-refractivity contribution is 9.10. The minimum atomic E-state index is -0.397. The molecule has 0 spiro atoms. The molecular weight excluding hydrogens is 438 g/mol. The van der Waals surface area contributed by atoms with Gasteiger partial charge in [-0.05, 0) is 51.8 Å². The summed E-state index contributed by atoms with van der Waals surface area (Å²) in [6.45, 7) is 0. The number of halogens is 1. The van der Waals surface area contributed by atoms with Crippen LogP contribution in [0.25, 0.3) is 17.1 Å². The lowest BCUT2D eigenvalue weighted by molar-refractivity contribution is -0.384. The number of aliphatic imine (C=N–C) groups is 1. The Balaban J connectivity index is 1.83. The first kappa shape index (κ1) is 18.9. The smallest absolute Gasteiger partial charge is 0.293 e. The Bertz CT molecular complexity index is 1230. The van der Waals surface area contributed by atoms with Gasteiger partial charge >= 0.3 is 0 Å². The predicted octanol–water partition coefficient (Wildman–Crippen LogP) is 5.08. The van der Waals surface area contributed by atoms with Gasteiger partial charge in [-0.2, -0.15) is 0 Å². The molecule has 0 aliphatic rings. The van der Waals surface area contributed by atoms with Crippen LogP contribution in [-0.2, 0) is 0 Å². The second kappa shape index (κ2) is 7.51. The average Bonchev–Trinajstić information content (AvgIpc) is 3.33. The SMILES string of the molecule is CN(C)c1ccc(C=Nc2c(-c3ccco3)nc3ccc(Br)cn23)cc1[N+](=O)[O-]. The summed E-state index contributed by atoms with van der Waals surface area (Å²) in [5.74, 6) is 1.15. The monoisotopic (exact) mass is 453 g/mol. The van der Waals surface area contributed by atoms with Crippen molar-refractivity contribution in [1.29, 1.82) is 0 Å². The molecule has 0 atom stereocenters. The van der Waals surface area contributed by atoms with Gasteiger partial charge in [0.1, 0.15) is 11.3 Å². The van der Waals surface area contributed by atoms with Gasteiger partial charge in [0, 0.05) is 37.0 Å². The van der Waals surface area contributed by atoms with Crippen molar-refractivity contribution in [3.05, 3.63) is 75.1 Å². The Morgan fingerprint density at radius 3 is 2.79 bits per heavy atom. The van der Waals surface area contributed by atoms with Gasteiger partial charge in [-0.25, -0.2) is 9.98 Å². The van der Waals surface area contributed by atoms with Gasteiger partial charge in [0.25, 0.3) is 5.69 Å². The van der Waals surface area contributed by atoms with Gasteiger partial charge in [0.2, 0.25) is 0 Å². The maximum atomic E-state index is 11.4. The van der Waals surface area contributed by atoms with Gasteiger partial charge in [-0.3, -0.25) is 14.5 Å². The Hall–Kier alpha value is -3.46. The van der Waals surface area contributed by atoms with E-state index in [0.717, 1.165) is 4.47 Å². The van der Waals surface area contributed by atoms with E-state index >= 15 is 0 Å². The van der Waals surface area contributed by atoms with Gasteiger partial charge in [0.05, 0.1) is 11.2 Å². The largest absolute Gasteiger partial charge is 0.463 e. The average molecular weight is 454 g/mol. The van der Waals surface area contributed by atoms with E-state index in [2.05, 4.69) is 25.9 Å². The fourth-order valence-corrected chi connectivity index (χ4v) is 3.33. The summed E-state index contributed by atoms with van der Waals surface area (Å²) < 4.78 is 8.21. The number of aromatic nitrogens is 2. The number of rotatable bonds is 5. The first-order chi connectivity index (χ1) is 13.9. The molecule has 0 saturated carbocycles. The van der Waals surface area contributed by atoms with Crippen molar-refractivity contribution >= 4 is 45.0 Å². The molecule has 0 radical (unpaired) electrons. The first-order valence-corrected chi connectivity index (χ1v) is 9.44. The highest BCUT2D eigenvalue weighted by Crippen LogP contribution is 2.33. The van der Waals surface area contributed by atoms with Crippen LogP contribution in [0.1, 0.15) is 5.56 Å². The van der Waals surface area contributed by atoms with Crippen molar-refractivity contribution in [1.82, 2.24) is 9.38 Å². The summed E-state index contributed by atoms with van der Waals surface area (Å²) >= 11 is 3.46. The van der Waals surface area contributed by atoms with Crippen molar-refractivity contribution in [2.45, 2.75) is 0 Å². The molecule has 0 saturated heterocycles. The summed E-state index contributed by atoms with van der Waals surface area (Å²) in [4.78, 5) is 22.0. The first-order valence-electron chi connectivity index (χ1n) is 8.65. The molecule has 0 aliphatic carbocycles. The van der Waals surface area contributed by atoms with E-state index in [9.17, 15) is 10.1 Å². The molecule has 3 heterocycles. The molecule has 4 aromatic rings. The van der Waals surface area contributed by atoms with Crippen LogP contribution in [0.3, 0.4) is 0 Å². The lowest BCUT2D eigenvalue weighted by Crippen LogP contribution is -2.11. The van der Waals surface area contributed by atoms with Crippen LogP contribution in [0.2, 0.25) is 0 Å². The summed E-state index contributed by atoms with van der Waals surface area (Å²) in [6, 6.07) is 12.4. The summed E-state index contributed by atoms with van der Waals surface area (Å²) in [5.41, 5.74) is 2.45. The van der Waals surface area contributed by atoms with E-state index in [0.29, 0.717) is 34.2 Å². The van der Waals surface area contributed by atoms with Crippen LogP contribution in [0.5, 0.6) is 0 Å². The zero-order valence-corrected chi connectivity index (χ0v) is 17.2. The number of nitro groups is 1. The maximum Gasteiger partial charge on any atom is 0.293 e. The van der Waals surface area contributed by atoms with Crippen LogP contribution in [-0.4, -0.2) is 34.6 Å². The minimum absolute atomic E-state index is 0.0195. The fraction of sp³-hybridized carbons (Fsp3) is 0.100. The Kier molecular flexibility index (Phi) is 4.89. The van der Waals surface area contributed by atoms with E-state index in [1.807, 2.05) is 28.8 Å². The van der Waals surface area contributed by atoms with Crippen molar-refractivity contribution in [3.8, 4) is 11.5 Å². The van der Waals surface area contributed by atoms with Crippen LogP contribution in [0.4, 0.5) is 17.2 Å². The van der Waals surface area contributed by atoms with Crippen LogP contribution in [0, 0.1) is 10.1 Å². The quantitative estimate of drug-likeness (QED) is 0.238. The lowest BCUT2D eigenvalue weighted by Gasteiger charge is -2.12. The second-order valence-electron chi connectivity index (χ2n) is 6.49. The van der Waals surface area contributed by atoms with E-state index in [-0.39, 0.29) is 5.69 Å². The molecule has 0 N–H and O–H groups in total. The van der Waals surface area contributed by atoms with Crippen molar-refractivity contribution in [2.24, 2.45) is 4.99 Å². The Morgan fingerprint density at radius 2 is 2.10 bits per heavy atom. The highest BCUT2D eigenvalue weighted by Gasteiger charge is 2.17. The number of fused-ring (bicyclic) bond motifs is 1. The third-order valence-electron chi connectivity index (χ3n) is 4.33. The number of imidazole rings is 1. The third-order valence-corrected chi connectivity index (χ3v) is 4.79. The van der Waals surface area contributed by atoms with E-state index in [1.165, 1.54) is 6.07 Å². The van der Waals surface area contributed by atoms with Crippen molar-refractivity contribution < 1.29 is 9.34 Å². The van der Waals surface area contributed by atoms with E-state index in [1.54, 1.807) is 49.7 Å². The molecule has 0 unspecified atom stereocenters. The normalized spacial score (nSPS) is 11.4. The summed E-state index contributed by atoms with van der Waals surface area (Å²) in [6.07, 6.45) is 5.02. The molecule has 4 rings (SSSR count). The van der Waals surface area contributed by atoms with Gasteiger partial charge < -0.3 is 9.32 Å². The summed E-state index contributed by atoms with van der Waals surface area (Å²) in [7, 11) is 3.53. The molecule has 29 heavy (non-hydrogen) atoms. The number of benzene rings is 1. The zero-order valence-electron chi connectivity index (χ0n) is 15.6. The Morgan fingerprint density at radius 1 is 1.28 bits per heavy atom.